The van der Waals surface area contributed by atoms with Crippen LogP contribution in [-0.4, -0.2) is 22.1 Å². The number of thioether (sulfide) groups is 1. The van der Waals surface area contributed by atoms with Crippen LogP contribution in [0.2, 0.25) is 0 Å². The van der Waals surface area contributed by atoms with Crippen LogP contribution >= 0.6 is 11.8 Å². The van der Waals surface area contributed by atoms with E-state index in [1.54, 1.807) is 19.1 Å². The molecule has 1 aromatic carbocycles. The summed E-state index contributed by atoms with van der Waals surface area (Å²) in [7, 11) is 0. The Morgan fingerprint density at radius 2 is 2.06 bits per heavy atom. The first kappa shape index (κ1) is 13.5. The Morgan fingerprint density at radius 3 is 2.62 bits per heavy atom. The number of halogens is 1. The zero-order valence-electron chi connectivity index (χ0n) is 9.48. The van der Waals surface area contributed by atoms with Crippen molar-refractivity contribution < 1.29 is 14.6 Å². The first-order valence-electron chi connectivity index (χ1n) is 5.30. The van der Waals surface area contributed by atoms with Gasteiger partial charge >= 0.3 is 0 Å². The molecule has 2 atom stereocenters. The van der Waals surface area contributed by atoms with Crippen LogP contribution in [0.3, 0.4) is 0 Å². The van der Waals surface area contributed by atoms with Crippen molar-refractivity contribution in [1.82, 2.24) is 0 Å². The highest BCUT2D eigenvalue weighted by Crippen LogP contribution is 2.33. The Morgan fingerprint density at radius 1 is 1.38 bits per heavy atom. The zero-order chi connectivity index (χ0) is 12.1. The number of benzene rings is 1. The Bertz CT molecular complexity index is 342. The van der Waals surface area contributed by atoms with E-state index in [-0.39, 0.29) is 17.7 Å². The zero-order valence-corrected chi connectivity index (χ0v) is 10.3. The molecule has 0 heterocycles. The van der Waals surface area contributed by atoms with Gasteiger partial charge in [-0.15, -0.1) is 11.8 Å². The van der Waals surface area contributed by atoms with E-state index in [0.29, 0.717) is 12.0 Å². The van der Waals surface area contributed by atoms with E-state index >= 15 is 0 Å². The van der Waals surface area contributed by atoms with Gasteiger partial charge in [0.1, 0.15) is 5.82 Å². The van der Waals surface area contributed by atoms with Gasteiger partial charge in [-0.25, -0.2) is 4.39 Å². The van der Waals surface area contributed by atoms with Crippen LogP contribution in [0.1, 0.15) is 31.9 Å². The molecule has 0 radical (unpaired) electrons. The maximum atomic E-state index is 13.5. The van der Waals surface area contributed by atoms with Crippen LogP contribution in [0.15, 0.2) is 23.1 Å². The highest BCUT2D eigenvalue weighted by Gasteiger charge is 2.15. The fourth-order valence-electron chi connectivity index (χ4n) is 1.48. The normalized spacial score (nSPS) is 14.8. The summed E-state index contributed by atoms with van der Waals surface area (Å²) in [6.45, 7) is 3.64. The second-order valence-corrected chi connectivity index (χ2v) is 5.25. The van der Waals surface area contributed by atoms with Gasteiger partial charge in [0.25, 0.3) is 0 Å². The SMILES string of the molecule is CC(CCO)Sc1cccc(F)c1C(C)O. The molecule has 0 saturated heterocycles. The number of aliphatic hydroxyl groups excluding tert-OH is 2. The van der Waals surface area contributed by atoms with Gasteiger partial charge in [0, 0.05) is 22.3 Å². The summed E-state index contributed by atoms with van der Waals surface area (Å²) in [4.78, 5) is 0.746. The third kappa shape index (κ3) is 3.47. The summed E-state index contributed by atoms with van der Waals surface area (Å²) in [5, 5.41) is 18.5. The smallest absolute Gasteiger partial charge is 0.130 e. The molecule has 2 N–H and O–H groups in total. The molecule has 4 heteroatoms. The maximum absolute atomic E-state index is 13.5. The highest BCUT2D eigenvalue weighted by atomic mass is 32.2. The van der Waals surface area contributed by atoms with E-state index in [9.17, 15) is 9.50 Å². The minimum Gasteiger partial charge on any atom is -0.396 e. The fraction of sp³-hybridized carbons (Fsp3) is 0.500. The topological polar surface area (TPSA) is 40.5 Å². The Balaban J connectivity index is 2.90. The molecule has 90 valence electrons. The van der Waals surface area contributed by atoms with Crippen molar-refractivity contribution in [2.45, 2.75) is 36.5 Å². The van der Waals surface area contributed by atoms with Crippen LogP contribution < -0.4 is 0 Å². The molecule has 0 saturated carbocycles. The van der Waals surface area contributed by atoms with Crippen LogP contribution in [0.5, 0.6) is 0 Å². The maximum Gasteiger partial charge on any atom is 0.130 e. The van der Waals surface area contributed by atoms with Gasteiger partial charge in [-0.05, 0) is 25.5 Å². The van der Waals surface area contributed by atoms with Gasteiger partial charge in [0.05, 0.1) is 6.10 Å². The van der Waals surface area contributed by atoms with Gasteiger partial charge in [-0.2, -0.15) is 0 Å². The summed E-state index contributed by atoms with van der Waals surface area (Å²) in [6.07, 6.45) is -0.162. The van der Waals surface area contributed by atoms with Gasteiger partial charge in [0.2, 0.25) is 0 Å². The lowest BCUT2D eigenvalue weighted by Gasteiger charge is -2.15. The number of hydrogen-bond donors (Lipinski definition) is 2. The molecule has 2 unspecified atom stereocenters. The predicted molar refractivity (Wildman–Crippen MR) is 64.1 cm³/mol. The van der Waals surface area contributed by atoms with E-state index < -0.39 is 6.10 Å². The summed E-state index contributed by atoms with van der Waals surface area (Å²) in [5.74, 6) is -0.379. The number of hydrogen-bond acceptors (Lipinski definition) is 3. The third-order valence-corrected chi connectivity index (χ3v) is 3.54. The first-order valence-corrected chi connectivity index (χ1v) is 6.18. The van der Waals surface area contributed by atoms with Crippen LogP contribution in [0.25, 0.3) is 0 Å². The second-order valence-electron chi connectivity index (χ2n) is 3.77. The molecule has 1 aromatic rings. The molecule has 0 fully saturated rings. The van der Waals surface area contributed by atoms with E-state index in [4.69, 9.17) is 5.11 Å². The lowest BCUT2D eigenvalue weighted by atomic mass is 10.1. The number of aliphatic hydroxyl groups is 2. The monoisotopic (exact) mass is 244 g/mol. The molecule has 0 aliphatic carbocycles. The largest absolute Gasteiger partial charge is 0.396 e. The molecular weight excluding hydrogens is 227 g/mol. The molecule has 0 bridgehead atoms. The van der Waals surface area contributed by atoms with Gasteiger partial charge in [0.15, 0.2) is 0 Å². The second kappa shape index (κ2) is 6.23. The van der Waals surface area contributed by atoms with Crippen molar-refractivity contribution in [1.29, 1.82) is 0 Å². The molecule has 0 aliphatic heterocycles. The van der Waals surface area contributed by atoms with Gasteiger partial charge in [-0.1, -0.05) is 13.0 Å². The van der Waals surface area contributed by atoms with E-state index in [1.165, 1.54) is 17.8 Å². The predicted octanol–water partition coefficient (Wildman–Crippen LogP) is 2.74. The van der Waals surface area contributed by atoms with Crippen molar-refractivity contribution in [3.8, 4) is 0 Å². The minimum absolute atomic E-state index is 0.119. The molecule has 0 amide bonds. The lowest BCUT2D eigenvalue weighted by molar-refractivity contribution is 0.191. The quantitative estimate of drug-likeness (QED) is 0.782. The Hall–Kier alpha value is -0.580. The molecule has 1 rings (SSSR count). The van der Waals surface area contributed by atoms with Crippen molar-refractivity contribution in [2.75, 3.05) is 6.61 Å². The Kier molecular flexibility index (Phi) is 5.25. The third-order valence-electron chi connectivity index (χ3n) is 2.29. The standard InChI is InChI=1S/C12H17FO2S/c1-8(6-7-14)16-11-5-3-4-10(13)12(11)9(2)15/h3-5,8-9,14-15H,6-7H2,1-2H3. The lowest BCUT2D eigenvalue weighted by Crippen LogP contribution is -2.03. The van der Waals surface area contributed by atoms with Crippen LogP contribution in [0.4, 0.5) is 4.39 Å². The average Bonchev–Trinajstić information content (AvgIpc) is 2.17. The van der Waals surface area contributed by atoms with Gasteiger partial charge in [-0.3, -0.25) is 0 Å². The van der Waals surface area contributed by atoms with E-state index in [1.807, 2.05) is 6.92 Å². The summed E-state index contributed by atoms with van der Waals surface area (Å²) < 4.78 is 13.5. The van der Waals surface area contributed by atoms with Gasteiger partial charge < -0.3 is 10.2 Å². The van der Waals surface area contributed by atoms with E-state index in [0.717, 1.165) is 4.90 Å². The summed E-state index contributed by atoms with van der Waals surface area (Å²) in [5.41, 5.74) is 0.345. The summed E-state index contributed by atoms with van der Waals surface area (Å²) in [6, 6.07) is 4.78. The van der Waals surface area contributed by atoms with Crippen molar-refractivity contribution in [3.05, 3.63) is 29.6 Å². The number of rotatable bonds is 5. The van der Waals surface area contributed by atoms with Crippen molar-refractivity contribution in [3.63, 3.8) is 0 Å². The summed E-state index contributed by atoms with van der Waals surface area (Å²) >= 11 is 1.48. The molecule has 2 nitrogen and oxygen atoms in total. The molecule has 16 heavy (non-hydrogen) atoms. The fourth-order valence-corrected chi connectivity index (χ4v) is 2.69. The van der Waals surface area contributed by atoms with Crippen molar-refractivity contribution in [2.24, 2.45) is 0 Å². The van der Waals surface area contributed by atoms with Crippen LogP contribution in [-0.2, 0) is 0 Å². The van der Waals surface area contributed by atoms with E-state index in [2.05, 4.69) is 0 Å². The molecular formula is C12H17FO2S. The first-order chi connectivity index (χ1) is 7.56. The molecule has 0 spiro atoms. The van der Waals surface area contributed by atoms with Crippen LogP contribution in [0, 0.1) is 5.82 Å². The highest BCUT2D eigenvalue weighted by molar-refractivity contribution is 8.00. The minimum atomic E-state index is -0.815. The average molecular weight is 244 g/mol. The van der Waals surface area contributed by atoms with Crippen molar-refractivity contribution >= 4 is 11.8 Å². The molecule has 0 aromatic heterocycles. The Labute approximate surface area is 99.5 Å². The molecule has 0 aliphatic rings.